The number of amides is 1. The highest BCUT2D eigenvalue weighted by Gasteiger charge is 2.21. The van der Waals surface area contributed by atoms with Gasteiger partial charge in [0.2, 0.25) is 0 Å². The lowest BCUT2D eigenvalue weighted by molar-refractivity contribution is -0.385. The van der Waals surface area contributed by atoms with Crippen molar-refractivity contribution in [2.24, 2.45) is 0 Å². The van der Waals surface area contributed by atoms with Gasteiger partial charge in [-0.15, -0.1) is 0 Å². The number of nitro groups is 1. The Morgan fingerprint density at radius 2 is 2.08 bits per heavy atom. The van der Waals surface area contributed by atoms with Crippen LogP contribution in [-0.2, 0) is 4.74 Å². The van der Waals surface area contributed by atoms with Gasteiger partial charge in [-0.3, -0.25) is 10.1 Å². The Hall–Kier alpha value is -3.04. The van der Waals surface area contributed by atoms with Gasteiger partial charge in [0, 0.05) is 6.07 Å². The van der Waals surface area contributed by atoms with Crippen molar-refractivity contribution in [1.82, 2.24) is 25.1 Å². The summed E-state index contributed by atoms with van der Waals surface area (Å²) in [6, 6.07) is 2.27. The van der Waals surface area contributed by atoms with Crippen molar-refractivity contribution >= 4 is 11.8 Å². The van der Waals surface area contributed by atoms with E-state index >= 15 is 0 Å². The van der Waals surface area contributed by atoms with Crippen molar-refractivity contribution in [1.29, 1.82) is 0 Å². The zero-order chi connectivity index (χ0) is 17.9. The summed E-state index contributed by atoms with van der Waals surface area (Å²) in [5.74, 6) is 0.771. The van der Waals surface area contributed by atoms with E-state index in [1.807, 2.05) is 0 Å². The van der Waals surface area contributed by atoms with Crippen molar-refractivity contribution < 1.29 is 14.5 Å². The SMILES string of the molecule is C[C@H](NC(=O)OC(C)(C)C)c1ncnn1-c1ccc([N+](=O)[O-])cn1. The molecule has 24 heavy (non-hydrogen) atoms. The number of ether oxygens (including phenoxy) is 1. The molecule has 0 saturated heterocycles. The minimum atomic E-state index is -0.614. The molecule has 0 saturated carbocycles. The average Bonchev–Trinajstić information content (AvgIpc) is 2.94. The van der Waals surface area contributed by atoms with Crippen LogP contribution in [0.1, 0.15) is 39.6 Å². The lowest BCUT2D eigenvalue weighted by Crippen LogP contribution is -2.35. The number of alkyl carbamates (subject to hydrolysis) is 1. The lowest BCUT2D eigenvalue weighted by Gasteiger charge is -2.21. The molecule has 1 atom stereocenters. The third kappa shape index (κ3) is 4.24. The van der Waals surface area contributed by atoms with Crippen LogP contribution in [0.15, 0.2) is 24.7 Å². The van der Waals surface area contributed by atoms with Gasteiger partial charge in [-0.1, -0.05) is 0 Å². The first kappa shape index (κ1) is 17.3. The summed E-state index contributed by atoms with van der Waals surface area (Å²) in [5.41, 5.74) is -0.738. The molecule has 10 heteroatoms. The van der Waals surface area contributed by atoms with Crippen molar-refractivity contribution in [2.75, 3.05) is 0 Å². The fourth-order valence-corrected chi connectivity index (χ4v) is 1.88. The van der Waals surface area contributed by atoms with E-state index in [0.29, 0.717) is 11.6 Å². The van der Waals surface area contributed by atoms with Gasteiger partial charge >= 0.3 is 6.09 Å². The van der Waals surface area contributed by atoms with Gasteiger partial charge in [0.05, 0.1) is 11.0 Å². The quantitative estimate of drug-likeness (QED) is 0.670. The predicted octanol–water partition coefficient (Wildman–Crippen LogP) is 2.16. The first-order chi connectivity index (χ1) is 11.2. The summed E-state index contributed by atoms with van der Waals surface area (Å²) in [6.07, 6.45) is 1.86. The molecular formula is C14H18N6O4. The van der Waals surface area contributed by atoms with Crippen LogP contribution in [0.3, 0.4) is 0 Å². The third-order valence-electron chi connectivity index (χ3n) is 2.85. The van der Waals surface area contributed by atoms with E-state index < -0.39 is 22.7 Å². The molecule has 0 fully saturated rings. The number of carbonyl (C=O) groups is 1. The molecule has 0 aliphatic heterocycles. The van der Waals surface area contributed by atoms with Gasteiger partial charge in [-0.05, 0) is 33.8 Å². The highest BCUT2D eigenvalue weighted by atomic mass is 16.6. The van der Waals surface area contributed by atoms with E-state index in [1.54, 1.807) is 27.7 Å². The van der Waals surface area contributed by atoms with Crippen molar-refractivity contribution in [3.8, 4) is 5.82 Å². The number of pyridine rings is 1. The molecule has 0 unspecified atom stereocenters. The number of carbonyl (C=O) groups excluding carboxylic acids is 1. The second-order valence-corrected chi connectivity index (χ2v) is 6.03. The number of aromatic nitrogens is 4. The van der Waals surface area contributed by atoms with Crippen LogP contribution >= 0.6 is 0 Å². The van der Waals surface area contributed by atoms with E-state index in [0.717, 1.165) is 6.20 Å². The maximum absolute atomic E-state index is 11.9. The number of hydrogen-bond donors (Lipinski definition) is 1. The van der Waals surface area contributed by atoms with E-state index in [2.05, 4.69) is 20.4 Å². The Bertz CT molecular complexity index is 734. The minimum Gasteiger partial charge on any atom is -0.444 e. The maximum Gasteiger partial charge on any atom is 0.408 e. The second kappa shape index (κ2) is 6.60. The van der Waals surface area contributed by atoms with Gasteiger partial charge in [0.15, 0.2) is 11.6 Å². The highest BCUT2D eigenvalue weighted by molar-refractivity contribution is 5.68. The van der Waals surface area contributed by atoms with Crippen LogP contribution in [-0.4, -0.2) is 36.4 Å². The summed E-state index contributed by atoms with van der Waals surface area (Å²) >= 11 is 0. The molecule has 1 amide bonds. The van der Waals surface area contributed by atoms with Gasteiger partial charge in [-0.2, -0.15) is 9.78 Å². The molecule has 0 aromatic carbocycles. The molecule has 128 valence electrons. The predicted molar refractivity (Wildman–Crippen MR) is 83.6 cm³/mol. The zero-order valence-corrected chi connectivity index (χ0v) is 13.8. The van der Waals surface area contributed by atoms with Gasteiger partial charge in [-0.25, -0.2) is 14.8 Å². The molecular weight excluding hydrogens is 316 g/mol. The maximum atomic E-state index is 11.9. The minimum absolute atomic E-state index is 0.125. The molecule has 0 aliphatic rings. The number of nitrogens with zero attached hydrogens (tertiary/aromatic N) is 5. The third-order valence-corrected chi connectivity index (χ3v) is 2.85. The van der Waals surface area contributed by atoms with E-state index in [9.17, 15) is 14.9 Å². The van der Waals surface area contributed by atoms with Gasteiger partial charge in [0.25, 0.3) is 5.69 Å². The molecule has 0 spiro atoms. The fourth-order valence-electron chi connectivity index (χ4n) is 1.88. The Morgan fingerprint density at radius 1 is 1.38 bits per heavy atom. The largest absolute Gasteiger partial charge is 0.444 e. The first-order valence-electron chi connectivity index (χ1n) is 7.17. The number of hydrogen-bond acceptors (Lipinski definition) is 7. The van der Waals surface area contributed by atoms with Crippen LogP contribution in [0.25, 0.3) is 5.82 Å². The Labute approximate surface area is 138 Å². The van der Waals surface area contributed by atoms with E-state index in [1.165, 1.54) is 23.1 Å². The topological polar surface area (TPSA) is 125 Å². The average molecular weight is 334 g/mol. The van der Waals surface area contributed by atoms with Crippen LogP contribution in [0.2, 0.25) is 0 Å². The summed E-state index contributed by atoms with van der Waals surface area (Å²) in [4.78, 5) is 30.1. The summed E-state index contributed by atoms with van der Waals surface area (Å²) in [5, 5.41) is 17.4. The second-order valence-electron chi connectivity index (χ2n) is 6.03. The van der Waals surface area contributed by atoms with Gasteiger partial charge < -0.3 is 10.1 Å². The molecule has 2 rings (SSSR count). The Balaban J connectivity index is 2.17. The molecule has 2 aromatic rings. The highest BCUT2D eigenvalue weighted by Crippen LogP contribution is 2.16. The molecule has 0 aliphatic carbocycles. The fraction of sp³-hybridized carbons (Fsp3) is 0.429. The van der Waals surface area contributed by atoms with E-state index in [4.69, 9.17) is 4.74 Å². The normalized spacial score (nSPS) is 12.5. The van der Waals surface area contributed by atoms with Crippen LogP contribution in [0.5, 0.6) is 0 Å². The first-order valence-corrected chi connectivity index (χ1v) is 7.17. The number of nitrogens with one attached hydrogen (secondary N) is 1. The lowest BCUT2D eigenvalue weighted by atomic mass is 10.2. The van der Waals surface area contributed by atoms with Crippen molar-refractivity contribution in [3.05, 3.63) is 40.6 Å². The zero-order valence-electron chi connectivity index (χ0n) is 13.8. The smallest absolute Gasteiger partial charge is 0.408 e. The molecule has 0 bridgehead atoms. The van der Waals surface area contributed by atoms with Gasteiger partial charge in [0.1, 0.15) is 18.1 Å². The summed E-state index contributed by atoms with van der Waals surface area (Å²) in [7, 11) is 0. The monoisotopic (exact) mass is 334 g/mol. The standard InChI is InChI=1S/C14H18N6O4/c1-9(18-13(21)24-14(2,3)4)12-16-8-17-19(12)11-6-5-10(7-15-11)20(22)23/h5-9H,1-4H3,(H,18,21)/t9-/m0/s1. The molecule has 1 N–H and O–H groups in total. The molecule has 2 heterocycles. The van der Waals surface area contributed by atoms with Crippen molar-refractivity contribution in [3.63, 3.8) is 0 Å². The molecule has 10 nitrogen and oxygen atoms in total. The van der Waals surface area contributed by atoms with E-state index in [-0.39, 0.29) is 5.69 Å². The molecule has 2 aromatic heterocycles. The van der Waals surface area contributed by atoms with Crippen LogP contribution in [0, 0.1) is 10.1 Å². The van der Waals surface area contributed by atoms with Crippen LogP contribution < -0.4 is 5.32 Å². The molecule has 0 radical (unpaired) electrons. The Kier molecular flexibility index (Phi) is 4.77. The van der Waals surface area contributed by atoms with Crippen LogP contribution in [0.4, 0.5) is 10.5 Å². The number of rotatable bonds is 4. The summed E-state index contributed by atoms with van der Waals surface area (Å²) in [6.45, 7) is 7.01. The Morgan fingerprint density at radius 3 is 2.62 bits per heavy atom. The summed E-state index contributed by atoms with van der Waals surface area (Å²) < 4.78 is 6.59. The van der Waals surface area contributed by atoms with Crippen molar-refractivity contribution in [2.45, 2.75) is 39.3 Å².